The average molecular weight is 341 g/mol. The maximum Gasteiger partial charge on any atom is 0.272 e. The van der Waals surface area contributed by atoms with Gasteiger partial charge in [0.25, 0.3) is 5.91 Å². The summed E-state index contributed by atoms with van der Waals surface area (Å²) in [6.45, 7) is 8.41. The number of amides is 1. The van der Waals surface area contributed by atoms with Crippen molar-refractivity contribution in [1.82, 2.24) is 24.6 Å². The second-order valence-electron chi connectivity index (χ2n) is 7.13. The highest BCUT2D eigenvalue weighted by molar-refractivity contribution is 5.92. The van der Waals surface area contributed by atoms with Crippen LogP contribution in [0.3, 0.4) is 0 Å². The summed E-state index contributed by atoms with van der Waals surface area (Å²) in [7, 11) is 1.86. The summed E-state index contributed by atoms with van der Waals surface area (Å²) >= 11 is 0. The SMILES string of the molecule is CC(C)Cc1cc(C(=O)N2CCN(Cc3ccccn3)CC2)n(C)n1. The lowest BCUT2D eigenvalue weighted by atomic mass is 10.1. The van der Waals surface area contributed by atoms with Crippen molar-refractivity contribution >= 4 is 5.91 Å². The maximum absolute atomic E-state index is 12.8. The molecule has 0 bridgehead atoms. The summed E-state index contributed by atoms with van der Waals surface area (Å²) < 4.78 is 1.72. The Morgan fingerprint density at radius 2 is 1.92 bits per heavy atom. The van der Waals surface area contributed by atoms with Gasteiger partial charge in [-0.25, -0.2) is 0 Å². The van der Waals surface area contributed by atoms with Gasteiger partial charge >= 0.3 is 0 Å². The fourth-order valence-electron chi connectivity index (χ4n) is 3.24. The quantitative estimate of drug-likeness (QED) is 0.834. The van der Waals surface area contributed by atoms with Crippen LogP contribution in [0.25, 0.3) is 0 Å². The number of carbonyl (C=O) groups is 1. The summed E-state index contributed by atoms with van der Waals surface area (Å²) in [4.78, 5) is 21.5. The molecule has 6 nitrogen and oxygen atoms in total. The third-order valence-corrected chi connectivity index (χ3v) is 4.54. The number of hydrogen-bond acceptors (Lipinski definition) is 4. The molecule has 0 unspecified atom stereocenters. The van der Waals surface area contributed by atoms with E-state index in [2.05, 4.69) is 28.8 Å². The second-order valence-corrected chi connectivity index (χ2v) is 7.13. The van der Waals surface area contributed by atoms with Crippen molar-refractivity contribution < 1.29 is 4.79 Å². The molecule has 0 N–H and O–H groups in total. The van der Waals surface area contributed by atoms with Crippen LogP contribution in [0.4, 0.5) is 0 Å². The van der Waals surface area contributed by atoms with Crippen LogP contribution >= 0.6 is 0 Å². The topological polar surface area (TPSA) is 54.3 Å². The van der Waals surface area contributed by atoms with Gasteiger partial charge in [-0.2, -0.15) is 5.10 Å². The van der Waals surface area contributed by atoms with Gasteiger partial charge in [0.1, 0.15) is 5.69 Å². The fourth-order valence-corrected chi connectivity index (χ4v) is 3.24. The molecule has 0 aliphatic carbocycles. The predicted octanol–water partition coefficient (Wildman–Crippen LogP) is 1.97. The van der Waals surface area contributed by atoms with Gasteiger partial charge in [-0.15, -0.1) is 0 Å². The smallest absolute Gasteiger partial charge is 0.272 e. The van der Waals surface area contributed by atoms with E-state index < -0.39 is 0 Å². The molecule has 1 amide bonds. The molecule has 1 saturated heterocycles. The molecular formula is C19H27N5O. The molecule has 0 radical (unpaired) electrons. The van der Waals surface area contributed by atoms with E-state index in [0.717, 1.165) is 50.5 Å². The third-order valence-electron chi connectivity index (χ3n) is 4.54. The lowest BCUT2D eigenvalue weighted by Gasteiger charge is -2.34. The number of aryl methyl sites for hydroxylation is 1. The number of pyridine rings is 1. The van der Waals surface area contributed by atoms with E-state index in [1.165, 1.54) is 0 Å². The molecule has 6 heteroatoms. The van der Waals surface area contributed by atoms with E-state index in [4.69, 9.17) is 0 Å². The standard InChI is InChI=1S/C19H27N5O/c1-15(2)12-17-13-18(22(3)21-17)19(25)24-10-8-23(9-11-24)14-16-6-4-5-7-20-16/h4-7,13,15H,8-12,14H2,1-3H3. The van der Waals surface area contributed by atoms with Crippen molar-refractivity contribution in [3.05, 3.63) is 47.5 Å². The number of nitrogens with zero attached hydrogens (tertiary/aromatic N) is 5. The zero-order chi connectivity index (χ0) is 17.8. The highest BCUT2D eigenvalue weighted by Crippen LogP contribution is 2.13. The lowest BCUT2D eigenvalue weighted by molar-refractivity contribution is 0.0616. The first kappa shape index (κ1) is 17.6. The molecule has 0 aromatic carbocycles. The Labute approximate surface area is 149 Å². The predicted molar refractivity (Wildman–Crippen MR) is 97.2 cm³/mol. The van der Waals surface area contributed by atoms with Gasteiger partial charge in [-0.3, -0.25) is 19.4 Å². The average Bonchev–Trinajstić information content (AvgIpc) is 2.95. The van der Waals surface area contributed by atoms with Crippen LogP contribution in [0.15, 0.2) is 30.5 Å². The van der Waals surface area contributed by atoms with Crippen LogP contribution in [-0.2, 0) is 20.0 Å². The molecule has 0 spiro atoms. The number of hydrogen-bond donors (Lipinski definition) is 0. The highest BCUT2D eigenvalue weighted by atomic mass is 16.2. The maximum atomic E-state index is 12.8. The molecule has 1 aliphatic rings. The second kappa shape index (κ2) is 7.78. The van der Waals surface area contributed by atoms with Gasteiger partial charge < -0.3 is 4.90 Å². The molecule has 1 fully saturated rings. The Balaban J connectivity index is 1.57. The van der Waals surface area contributed by atoms with E-state index >= 15 is 0 Å². The molecule has 3 heterocycles. The molecule has 1 aliphatic heterocycles. The van der Waals surface area contributed by atoms with Crippen molar-refractivity contribution in [2.75, 3.05) is 26.2 Å². The lowest BCUT2D eigenvalue weighted by Crippen LogP contribution is -2.48. The summed E-state index contributed by atoms with van der Waals surface area (Å²) in [5.74, 6) is 0.621. The van der Waals surface area contributed by atoms with Crippen LogP contribution in [0.2, 0.25) is 0 Å². The van der Waals surface area contributed by atoms with Gasteiger partial charge in [0.15, 0.2) is 0 Å². The Kier molecular flexibility index (Phi) is 5.48. The molecule has 25 heavy (non-hydrogen) atoms. The number of aromatic nitrogens is 3. The molecule has 0 atom stereocenters. The molecule has 2 aromatic rings. The van der Waals surface area contributed by atoms with Crippen LogP contribution < -0.4 is 0 Å². The molecule has 134 valence electrons. The van der Waals surface area contributed by atoms with Crippen molar-refractivity contribution in [2.45, 2.75) is 26.8 Å². The molecule has 3 rings (SSSR count). The van der Waals surface area contributed by atoms with E-state index in [1.54, 1.807) is 4.68 Å². The molecular weight excluding hydrogens is 314 g/mol. The first-order chi connectivity index (χ1) is 12.0. The van der Waals surface area contributed by atoms with Gasteiger partial charge in [-0.05, 0) is 30.5 Å². The zero-order valence-electron chi connectivity index (χ0n) is 15.4. The Morgan fingerprint density at radius 1 is 1.16 bits per heavy atom. The first-order valence-corrected chi connectivity index (χ1v) is 8.97. The molecule has 0 saturated carbocycles. The summed E-state index contributed by atoms with van der Waals surface area (Å²) in [5.41, 5.74) is 2.76. The van der Waals surface area contributed by atoms with Crippen LogP contribution in [0.1, 0.15) is 35.7 Å². The van der Waals surface area contributed by atoms with E-state index in [0.29, 0.717) is 11.6 Å². The van der Waals surface area contributed by atoms with E-state index in [1.807, 2.05) is 42.4 Å². The molecule has 2 aromatic heterocycles. The van der Waals surface area contributed by atoms with Gasteiger partial charge in [0, 0.05) is 46.0 Å². The highest BCUT2D eigenvalue weighted by Gasteiger charge is 2.25. The van der Waals surface area contributed by atoms with Crippen molar-refractivity contribution in [2.24, 2.45) is 13.0 Å². The van der Waals surface area contributed by atoms with E-state index in [9.17, 15) is 4.79 Å². The number of rotatable bonds is 5. The van der Waals surface area contributed by atoms with Crippen molar-refractivity contribution in [3.63, 3.8) is 0 Å². The van der Waals surface area contributed by atoms with Gasteiger partial charge in [0.05, 0.1) is 11.4 Å². The summed E-state index contributed by atoms with van der Waals surface area (Å²) in [6, 6.07) is 7.94. The van der Waals surface area contributed by atoms with E-state index in [-0.39, 0.29) is 5.91 Å². The summed E-state index contributed by atoms with van der Waals surface area (Å²) in [6.07, 6.45) is 2.73. The number of carbonyl (C=O) groups excluding carboxylic acids is 1. The monoisotopic (exact) mass is 341 g/mol. The van der Waals surface area contributed by atoms with Gasteiger partial charge in [0.2, 0.25) is 0 Å². The number of piperazine rings is 1. The Morgan fingerprint density at radius 3 is 2.56 bits per heavy atom. The van der Waals surface area contributed by atoms with Gasteiger partial charge in [-0.1, -0.05) is 19.9 Å². The minimum absolute atomic E-state index is 0.0856. The van der Waals surface area contributed by atoms with Crippen LogP contribution in [0.5, 0.6) is 0 Å². The zero-order valence-corrected chi connectivity index (χ0v) is 15.4. The normalized spacial score (nSPS) is 15.8. The Hall–Kier alpha value is -2.21. The van der Waals surface area contributed by atoms with Crippen molar-refractivity contribution in [1.29, 1.82) is 0 Å². The summed E-state index contributed by atoms with van der Waals surface area (Å²) in [5, 5.41) is 4.49. The largest absolute Gasteiger partial charge is 0.335 e. The fraction of sp³-hybridized carbons (Fsp3) is 0.526. The van der Waals surface area contributed by atoms with Crippen LogP contribution in [0, 0.1) is 5.92 Å². The Bertz CT molecular complexity index is 702. The minimum Gasteiger partial charge on any atom is -0.335 e. The minimum atomic E-state index is 0.0856. The third kappa shape index (κ3) is 4.45. The van der Waals surface area contributed by atoms with Crippen LogP contribution in [-0.4, -0.2) is 56.7 Å². The first-order valence-electron chi connectivity index (χ1n) is 8.97. The van der Waals surface area contributed by atoms with Crippen molar-refractivity contribution in [3.8, 4) is 0 Å².